The number of carbonyl (C=O) groups is 1. The summed E-state index contributed by atoms with van der Waals surface area (Å²) in [6, 6.07) is 18.0. The summed E-state index contributed by atoms with van der Waals surface area (Å²) in [7, 11) is 0. The van der Waals surface area contributed by atoms with E-state index in [0.29, 0.717) is 32.3 Å². The number of rotatable bonds is 4. The number of hydrogen-bond acceptors (Lipinski definition) is 3. The molecule has 0 saturated heterocycles. The Morgan fingerprint density at radius 2 is 1.55 bits per heavy atom. The number of carbonyl (C=O) groups excluding carboxylic acids is 1. The molecule has 8 heteroatoms. The smallest absolute Gasteiger partial charge is 0.295 e. The van der Waals surface area contributed by atoms with Crippen LogP contribution in [0.1, 0.15) is 21.7 Å². The normalized spacial score (nSPS) is 10.9. The monoisotopic (exact) mass is 470 g/mol. The Bertz CT molecular complexity index is 1280. The van der Waals surface area contributed by atoms with Crippen LogP contribution in [0.15, 0.2) is 60.7 Å². The van der Waals surface area contributed by atoms with E-state index in [1.807, 2.05) is 44.2 Å². The predicted octanol–water partition coefficient (Wildman–Crippen LogP) is 6.76. The van der Waals surface area contributed by atoms with Gasteiger partial charge in [0.2, 0.25) is 5.82 Å². The quantitative estimate of drug-likeness (QED) is 0.357. The lowest BCUT2D eigenvalue weighted by molar-refractivity contribution is 0.101. The first kappa shape index (κ1) is 21.4. The number of nitrogens with one attached hydrogen (secondary N) is 1. The number of nitrogens with zero attached hydrogens (tertiary/aromatic N) is 3. The van der Waals surface area contributed by atoms with Crippen molar-refractivity contribution in [3.8, 4) is 17.1 Å². The van der Waals surface area contributed by atoms with Crippen LogP contribution >= 0.6 is 34.8 Å². The van der Waals surface area contributed by atoms with Gasteiger partial charge in [-0.15, -0.1) is 5.10 Å². The second kappa shape index (κ2) is 8.71. The predicted molar refractivity (Wildman–Crippen MR) is 126 cm³/mol. The van der Waals surface area contributed by atoms with Gasteiger partial charge in [-0.3, -0.25) is 4.79 Å². The lowest BCUT2D eigenvalue weighted by Crippen LogP contribution is -2.15. The highest BCUT2D eigenvalue weighted by Crippen LogP contribution is 2.26. The lowest BCUT2D eigenvalue weighted by atomic mass is 10.2. The second-order valence-electron chi connectivity index (χ2n) is 7.02. The van der Waals surface area contributed by atoms with Gasteiger partial charge in [-0.1, -0.05) is 46.9 Å². The number of benzene rings is 3. The molecule has 0 atom stereocenters. The molecule has 0 aliphatic carbocycles. The van der Waals surface area contributed by atoms with Crippen molar-refractivity contribution in [2.24, 2.45) is 0 Å². The Morgan fingerprint density at radius 1 is 0.871 bits per heavy atom. The van der Waals surface area contributed by atoms with Crippen LogP contribution in [-0.2, 0) is 0 Å². The first-order valence-electron chi connectivity index (χ1n) is 9.39. The van der Waals surface area contributed by atoms with Crippen molar-refractivity contribution in [1.29, 1.82) is 0 Å². The molecule has 0 saturated carbocycles. The highest BCUT2D eigenvalue weighted by atomic mass is 35.5. The molecule has 4 aromatic rings. The number of aromatic nitrogens is 3. The molecule has 156 valence electrons. The number of hydrogen-bond donors (Lipinski definition) is 1. The third-order valence-electron chi connectivity index (χ3n) is 4.76. The summed E-state index contributed by atoms with van der Waals surface area (Å²) in [4.78, 5) is 17.4. The van der Waals surface area contributed by atoms with Crippen LogP contribution in [0.5, 0.6) is 0 Å². The fourth-order valence-corrected chi connectivity index (χ4v) is 3.47. The van der Waals surface area contributed by atoms with Gasteiger partial charge in [0.1, 0.15) is 0 Å². The van der Waals surface area contributed by atoms with Crippen molar-refractivity contribution in [3.63, 3.8) is 0 Å². The molecule has 0 bridgehead atoms. The Morgan fingerprint density at radius 3 is 2.26 bits per heavy atom. The lowest BCUT2D eigenvalue weighted by Gasteiger charge is -2.08. The molecule has 4 rings (SSSR count). The maximum Gasteiger partial charge on any atom is 0.295 e. The van der Waals surface area contributed by atoms with Gasteiger partial charge in [0.05, 0.1) is 5.69 Å². The molecule has 31 heavy (non-hydrogen) atoms. The van der Waals surface area contributed by atoms with Crippen molar-refractivity contribution >= 4 is 46.4 Å². The highest BCUT2D eigenvalue weighted by molar-refractivity contribution is 6.31. The average Bonchev–Trinajstić information content (AvgIpc) is 3.19. The Balaban J connectivity index is 1.78. The number of anilines is 1. The molecular formula is C23H17Cl3N4O. The van der Waals surface area contributed by atoms with Crippen LogP contribution in [0.2, 0.25) is 15.1 Å². The van der Waals surface area contributed by atoms with Crippen LogP contribution in [0.4, 0.5) is 5.69 Å². The molecule has 1 heterocycles. The van der Waals surface area contributed by atoms with Gasteiger partial charge in [0.25, 0.3) is 5.91 Å². The standard InChI is InChI=1S/C23H17Cl3N4O/c1-13-4-10-18(12-19(13)26)30-22(15-5-8-16(24)9-6-15)28-21(29-30)23(31)27-20-11-17(25)7-3-14(20)2/h3-12H,1-2H3,(H,27,31). The molecule has 1 N–H and O–H groups in total. The molecule has 0 aliphatic rings. The van der Waals surface area contributed by atoms with Gasteiger partial charge in [0.15, 0.2) is 5.82 Å². The summed E-state index contributed by atoms with van der Waals surface area (Å²) in [5.74, 6) is 0.0584. The van der Waals surface area contributed by atoms with Gasteiger partial charge in [-0.2, -0.15) is 0 Å². The van der Waals surface area contributed by atoms with E-state index >= 15 is 0 Å². The Kier molecular flexibility index (Phi) is 6.01. The SMILES string of the molecule is Cc1ccc(-n2nc(C(=O)Nc3cc(Cl)ccc3C)nc2-c2ccc(Cl)cc2)cc1Cl. The minimum atomic E-state index is -0.447. The Labute approximate surface area is 194 Å². The van der Waals surface area contributed by atoms with Crippen molar-refractivity contribution in [3.05, 3.63) is 92.7 Å². The summed E-state index contributed by atoms with van der Waals surface area (Å²) >= 11 is 18.4. The maximum absolute atomic E-state index is 12.9. The van der Waals surface area contributed by atoms with Crippen LogP contribution in [0.25, 0.3) is 17.1 Å². The summed E-state index contributed by atoms with van der Waals surface area (Å²) in [6.45, 7) is 3.80. The van der Waals surface area contributed by atoms with Crippen molar-refractivity contribution in [2.45, 2.75) is 13.8 Å². The van der Waals surface area contributed by atoms with Gasteiger partial charge in [-0.05, 0) is 73.5 Å². The molecule has 0 radical (unpaired) electrons. The first-order valence-corrected chi connectivity index (χ1v) is 10.5. The summed E-state index contributed by atoms with van der Waals surface area (Å²) in [6.07, 6.45) is 0. The molecule has 0 spiro atoms. The molecule has 0 fully saturated rings. The molecule has 1 amide bonds. The summed E-state index contributed by atoms with van der Waals surface area (Å²) in [5.41, 5.74) is 3.85. The van der Waals surface area contributed by atoms with Crippen molar-refractivity contribution in [2.75, 3.05) is 5.32 Å². The third kappa shape index (κ3) is 4.59. The maximum atomic E-state index is 12.9. The first-order chi connectivity index (χ1) is 14.8. The van der Waals surface area contributed by atoms with Gasteiger partial charge < -0.3 is 5.32 Å². The summed E-state index contributed by atoms with van der Waals surface area (Å²) in [5, 5.41) is 9.02. The zero-order valence-electron chi connectivity index (χ0n) is 16.7. The molecule has 0 aliphatic heterocycles. The largest absolute Gasteiger partial charge is 0.319 e. The van der Waals surface area contributed by atoms with E-state index in [2.05, 4.69) is 15.4 Å². The van der Waals surface area contributed by atoms with Crippen LogP contribution < -0.4 is 5.32 Å². The van der Waals surface area contributed by atoms with Crippen LogP contribution in [0.3, 0.4) is 0 Å². The molecular weight excluding hydrogens is 455 g/mol. The zero-order valence-corrected chi connectivity index (χ0v) is 18.9. The number of halogens is 3. The summed E-state index contributed by atoms with van der Waals surface area (Å²) < 4.78 is 1.59. The van der Waals surface area contributed by atoms with E-state index in [1.165, 1.54) is 0 Å². The van der Waals surface area contributed by atoms with E-state index in [-0.39, 0.29) is 5.82 Å². The zero-order chi connectivity index (χ0) is 22.1. The van der Waals surface area contributed by atoms with E-state index in [1.54, 1.807) is 35.0 Å². The fraction of sp³-hybridized carbons (Fsp3) is 0.0870. The molecule has 5 nitrogen and oxygen atoms in total. The van der Waals surface area contributed by atoms with Crippen molar-refractivity contribution in [1.82, 2.24) is 14.8 Å². The third-order valence-corrected chi connectivity index (χ3v) is 5.65. The number of aryl methyl sites for hydroxylation is 2. The van der Waals surface area contributed by atoms with Gasteiger partial charge in [0, 0.05) is 26.3 Å². The minimum absolute atomic E-state index is 0.0148. The van der Waals surface area contributed by atoms with Crippen LogP contribution in [-0.4, -0.2) is 20.7 Å². The van der Waals surface area contributed by atoms with E-state index < -0.39 is 5.91 Å². The van der Waals surface area contributed by atoms with E-state index in [4.69, 9.17) is 34.8 Å². The van der Waals surface area contributed by atoms with Gasteiger partial charge >= 0.3 is 0 Å². The highest BCUT2D eigenvalue weighted by Gasteiger charge is 2.20. The van der Waals surface area contributed by atoms with Crippen molar-refractivity contribution < 1.29 is 4.79 Å². The minimum Gasteiger partial charge on any atom is -0.319 e. The number of amides is 1. The van der Waals surface area contributed by atoms with E-state index in [9.17, 15) is 4.79 Å². The van der Waals surface area contributed by atoms with Gasteiger partial charge in [-0.25, -0.2) is 9.67 Å². The van der Waals surface area contributed by atoms with E-state index in [0.717, 1.165) is 16.7 Å². The molecule has 1 aromatic heterocycles. The fourth-order valence-electron chi connectivity index (χ4n) is 2.99. The second-order valence-corrected chi connectivity index (χ2v) is 8.30. The molecule has 3 aromatic carbocycles. The topological polar surface area (TPSA) is 59.8 Å². The molecule has 0 unspecified atom stereocenters. The Hall–Kier alpha value is -2.86. The average molecular weight is 472 g/mol. The van der Waals surface area contributed by atoms with Crippen LogP contribution in [0, 0.1) is 13.8 Å².